The van der Waals surface area contributed by atoms with Gasteiger partial charge in [0, 0.05) is 53.9 Å². The Bertz CT molecular complexity index is 1560. The molecule has 1 amide bonds. The van der Waals surface area contributed by atoms with E-state index >= 15 is 0 Å². The van der Waals surface area contributed by atoms with Crippen molar-refractivity contribution in [3.05, 3.63) is 84.4 Å². The number of aromatic amines is 1. The van der Waals surface area contributed by atoms with Crippen LogP contribution in [0.4, 0.5) is 5.69 Å². The van der Waals surface area contributed by atoms with Crippen molar-refractivity contribution in [1.29, 1.82) is 0 Å². The molecule has 0 bridgehead atoms. The van der Waals surface area contributed by atoms with Crippen LogP contribution < -0.4 is 5.32 Å². The van der Waals surface area contributed by atoms with Crippen molar-refractivity contribution in [3.63, 3.8) is 0 Å². The molecule has 1 aliphatic heterocycles. The van der Waals surface area contributed by atoms with Gasteiger partial charge in [0.05, 0.1) is 29.3 Å². The zero-order chi connectivity index (χ0) is 25.2. The van der Waals surface area contributed by atoms with Crippen molar-refractivity contribution in [2.24, 2.45) is 0 Å². The number of benzene rings is 1. The standard InChI is InChI=1S/C29H29N7O/c1-35-9-4-10-36(12-11-35)19-20-5-2-6-21(13-20)29(37)33-23-14-25-24-15-26(22-7-3-8-30-16-22)31-18-27(24)34-28(25)32-17-23/h2-3,5-8,13-18H,4,9-12,19H2,1H3,(H,32,34)(H,33,37). The predicted molar refractivity (Wildman–Crippen MR) is 146 cm³/mol. The van der Waals surface area contributed by atoms with Gasteiger partial charge in [-0.05, 0) is 68.5 Å². The molecule has 0 saturated carbocycles. The molecular formula is C29H29N7O. The van der Waals surface area contributed by atoms with E-state index in [9.17, 15) is 4.79 Å². The largest absolute Gasteiger partial charge is 0.338 e. The Morgan fingerprint density at radius 1 is 0.973 bits per heavy atom. The lowest BCUT2D eigenvalue weighted by Crippen LogP contribution is -2.28. The number of carbonyl (C=O) groups is 1. The van der Waals surface area contributed by atoms with Crippen molar-refractivity contribution in [2.45, 2.75) is 13.0 Å². The number of rotatable bonds is 5. The fraction of sp³-hybridized carbons (Fsp3) is 0.241. The number of aromatic nitrogens is 4. The van der Waals surface area contributed by atoms with Gasteiger partial charge in [-0.15, -0.1) is 0 Å². The lowest BCUT2D eigenvalue weighted by molar-refractivity contribution is 0.102. The summed E-state index contributed by atoms with van der Waals surface area (Å²) in [6.07, 6.45) is 8.20. The molecule has 1 aromatic carbocycles. The van der Waals surface area contributed by atoms with Gasteiger partial charge in [0.25, 0.3) is 5.91 Å². The van der Waals surface area contributed by atoms with Crippen molar-refractivity contribution >= 4 is 33.5 Å². The van der Waals surface area contributed by atoms with E-state index in [4.69, 9.17) is 0 Å². The Hall–Kier alpha value is -4.14. The Morgan fingerprint density at radius 3 is 2.81 bits per heavy atom. The number of anilines is 1. The highest BCUT2D eigenvalue weighted by atomic mass is 16.1. The molecule has 5 aromatic rings. The van der Waals surface area contributed by atoms with Crippen LogP contribution in [-0.4, -0.2) is 68.9 Å². The molecule has 0 aliphatic carbocycles. The molecule has 5 heterocycles. The summed E-state index contributed by atoms with van der Waals surface area (Å²) in [5, 5.41) is 4.97. The van der Waals surface area contributed by atoms with Crippen LogP contribution in [-0.2, 0) is 6.54 Å². The number of fused-ring (bicyclic) bond motifs is 3. The van der Waals surface area contributed by atoms with Gasteiger partial charge in [-0.3, -0.25) is 19.7 Å². The Morgan fingerprint density at radius 2 is 1.92 bits per heavy atom. The number of H-pyrrole nitrogens is 1. The molecule has 1 aliphatic rings. The van der Waals surface area contributed by atoms with Crippen LogP contribution in [0.3, 0.4) is 0 Å². The first kappa shape index (κ1) is 23.3. The van der Waals surface area contributed by atoms with Crippen LogP contribution in [0.2, 0.25) is 0 Å². The minimum Gasteiger partial charge on any atom is -0.338 e. The lowest BCUT2D eigenvalue weighted by atomic mass is 10.1. The number of pyridine rings is 3. The van der Waals surface area contributed by atoms with E-state index in [1.54, 1.807) is 18.6 Å². The molecule has 0 unspecified atom stereocenters. The molecule has 4 aromatic heterocycles. The highest BCUT2D eigenvalue weighted by Gasteiger charge is 2.15. The van der Waals surface area contributed by atoms with Gasteiger partial charge in [0.15, 0.2) is 0 Å². The van der Waals surface area contributed by atoms with E-state index in [0.29, 0.717) is 11.3 Å². The Kier molecular flexibility index (Phi) is 6.34. The third kappa shape index (κ3) is 5.07. The summed E-state index contributed by atoms with van der Waals surface area (Å²) in [4.78, 5) is 34.6. The summed E-state index contributed by atoms with van der Waals surface area (Å²) in [5.74, 6) is -0.142. The summed E-state index contributed by atoms with van der Waals surface area (Å²) in [7, 11) is 2.17. The van der Waals surface area contributed by atoms with Crippen LogP contribution in [0.1, 0.15) is 22.3 Å². The fourth-order valence-electron chi connectivity index (χ4n) is 4.95. The molecule has 0 atom stereocenters. The number of hydrogen-bond acceptors (Lipinski definition) is 6. The molecule has 37 heavy (non-hydrogen) atoms. The second-order valence-electron chi connectivity index (χ2n) is 9.69. The Balaban J connectivity index is 1.22. The van der Waals surface area contributed by atoms with Crippen molar-refractivity contribution in [2.75, 3.05) is 38.5 Å². The summed E-state index contributed by atoms with van der Waals surface area (Å²) in [6.45, 7) is 5.18. The highest BCUT2D eigenvalue weighted by Crippen LogP contribution is 2.29. The van der Waals surface area contributed by atoms with Gasteiger partial charge in [0.2, 0.25) is 0 Å². The molecular weight excluding hydrogens is 462 g/mol. The maximum absolute atomic E-state index is 13.1. The smallest absolute Gasteiger partial charge is 0.255 e. The topological polar surface area (TPSA) is 90.0 Å². The summed E-state index contributed by atoms with van der Waals surface area (Å²) < 4.78 is 0. The fourth-order valence-corrected chi connectivity index (χ4v) is 4.95. The van der Waals surface area contributed by atoms with Crippen molar-refractivity contribution in [3.8, 4) is 11.3 Å². The first-order valence-corrected chi connectivity index (χ1v) is 12.6. The number of hydrogen-bond donors (Lipinski definition) is 2. The molecule has 6 rings (SSSR count). The summed E-state index contributed by atoms with van der Waals surface area (Å²) >= 11 is 0. The second-order valence-corrected chi connectivity index (χ2v) is 9.69. The minimum absolute atomic E-state index is 0.142. The minimum atomic E-state index is -0.142. The average Bonchev–Trinajstić information content (AvgIpc) is 3.16. The number of nitrogens with zero attached hydrogens (tertiary/aromatic N) is 5. The number of likely N-dealkylation sites (N-methyl/N-ethyl adjacent to an activating group) is 1. The maximum atomic E-state index is 13.1. The van der Waals surface area contributed by atoms with Gasteiger partial charge in [-0.25, -0.2) is 4.98 Å². The van der Waals surface area contributed by atoms with Crippen LogP contribution >= 0.6 is 0 Å². The monoisotopic (exact) mass is 491 g/mol. The maximum Gasteiger partial charge on any atom is 0.255 e. The molecule has 8 heteroatoms. The molecule has 1 fully saturated rings. The first-order valence-electron chi connectivity index (χ1n) is 12.6. The van der Waals surface area contributed by atoms with E-state index in [0.717, 1.165) is 71.5 Å². The van der Waals surface area contributed by atoms with Crippen LogP contribution in [0.25, 0.3) is 33.2 Å². The summed E-state index contributed by atoms with van der Waals surface area (Å²) in [5.41, 5.74) is 5.88. The van der Waals surface area contributed by atoms with E-state index in [-0.39, 0.29) is 5.91 Å². The van der Waals surface area contributed by atoms with E-state index in [1.807, 2.05) is 48.7 Å². The summed E-state index contributed by atoms with van der Waals surface area (Å²) in [6, 6.07) is 15.8. The van der Waals surface area contributed by atoms with E-state index in [1.165, 1.54) is 6.42 Å². The zero-order valence-corrected chi connectivity index (χ0v) is 20.8. The van der Waals surface area contributed by atoms with Crippen molar-refractivity contribution < 1.29 is 4.79 Å². The van der Waals surface area contributed by atoms with Gasteiger partial charge < -0.3 is 15.2 Å². The Labute approximate surface area is 215 Å². The lowest BCUT2D eigenvalue weighted by Gasteiger charge is -2.20. The number of carbonyl (C=O) groups excluding carboxylic acids is 1. The molecule has 2 N–H and O–H groups in total. The number of nitrogens with one attached hydrogen (secondary N) is 2. The van der Waals surface area contributed by atoms with Crippen LogP contribution in [0.15, 0.2) is 73.3 Å². The third-order valence-corrected chi connectivity index (χ3v) is 6.96. The number of amides is 1. The average molecular weight is 492 g/mol. The zero-order valence-electron chi connectivity index (χ0n) is 20.8. The van der Waals surface area contributed by atoms with Gasteiger partial charge in [-0.1, -0.05) is 12.1 Å². The SMILES string of the molecule is CN1CCCN(Cc2cccc(C(=O)Nc3cnc4[nH]c5cnc(-c6cccnc6)cc5c4c3)c2)CC1. The van der Waals surface area contributed by atoms with E-state index < -0.39 is 0 Å². The second kappa shape index (κ2) is 10.1. The first-order chi connectivity index (χ1) is 18.1. The molecule has 0 spiro atoms. The van der Waals surface area contributed by atoms with Crippen molar-refractivity contribution in [1.82, 2.24) is 29.7 Å². The van der Waals surface area contributed by atoms with Gasteiger partial charge in [0.1, 0.15) is 5.65 Å². The normalized spacial score (nSPS) is 15.2. The molecule has 1 saturated heterocycles. The van der Waals surface area contributed by atoms with E-state index in [2.05, 4.69) is 48.2 Å². The van der Waals surface area contributed by atoms with Gasteiger partial charge in [-0.2, -0.15) is 0 Å². The van der Waals surface area contributed by atoms with Crippen LogP contribution in [0, 0.1) is 0 Å². The molecule has 8 nitrogen and oxygen atoms in total. The predicted octanol–water partition coefficient (Wildman–Crippen LogP) is 4.56. The molecule has 0 radical (unpaired) electrons. The van der Waals surface area contributed by atoms with Gasteiger partial charge >= 0.3 is 0 Å². The van der Waals surface area contributed by atoms with Crippen LogP contribution in [0.5, 0.6) is 0 Å². The molecule has 186 valence electrons. The highest BCUT2D eigenvalue weighted by molar-refractivity contribution is 6.09. The quantitative estimate of drug-likeness (QED) is 0.375. The third-order valence-electron chi connectivity index (χ3n) is 6.96.